The van der Waals surface area contributed by atoms with E-state index in [-0.39, 0.29) is 22.7 Å². The van der Waals surface area contributed by atoms with Gasteiger partial charge in [-0.2, -0.15) is 0 Å². The molecular formula is C47H62N6O7S. The number of nitro benzene ring substituents is 1. The third-order valence-electron chi connectivity index (χ3n) is 13.8. The smallest absolute Gasteiger partial charge is 0.273 e. The molecule has 0 atom stereocenters. The molecule has 5 aliphatic rings. The third-order valence-corrected chi connectivity index (χ3v) is 15.2. The molecule has 13 nitrogen and oxygen atoms in total. The fourth-order valence-electron chi connectivity index (χ4n) is 10.1. The van der Waals surface area contributed by atoms with Crippen LogP contribution in [0, 0.1) is 32.3 Å². The summed E-state index contributed by atoms with van der Waals surface area (Å²) in [6, 6.07) is 11.3. The fourth-order valence-corrected chi connectivity index (χ4v) is 11.1. The standard InChI is InChI=1S/C27H27N5O7S.C20H35N/c28-20-4-6-23(25(14-20)39-21-13-19-7-10-29-26(19)30-16-21)27(33)31-40(36,37)22-5-3-18(24(15-22)32(34)35)2-1-17-8-11-38-12-9-17;1-6-19-13-20(14-19,15-19)17-11-18(4,5)10-9-16(17)12-21(7-2)8-3/h3-7,10,13-17H,1-2,8-9,11-12,28H2,(H,29,30)(H,31,33);6-15H2,1-5H3. The number of nitrogens with zero attached hydrogens (tertiary/aromatic N) is 3. The molecule has 4 fully saturated rings. The topological polar surface area (TPSA) is 183 Å². The Morgan fingerprint density at radius 2 is 1.80 bits per heavy atom. The van der Waals surface area contributed by atoms with Crippen molar-refractivity contribution in [1.29, 1.82) is 0 Å². The number of aromatic amines is 1. The number of hydrogen-bond acceptors (Lipinski definition) is 10. The number of rotatable bonds is 15. The number of amides is 1. The minimum absolute atomic E-state index is 0.0128. The number of pyridine rings is 1. The van der Waals surface area contributed by atoms with Crippen molar-refractivity contribution in [2.45, 2.75) is 110 Å². The summed E-state index contributed by atoms with van der Waals surface area (Å²) in [4.78, 5) is 33.7. The summed E-state index contributed by atoms with van der Waals surface area (Å²) in [6.07, 6.45) is 16.2. The molecule has 328 valence electrons. The molecule has 1 saturated heterocycles. The van der Waals surface area contributed by atoms with E-state index in [0.29, 0.717) is 53.3 Å². The van der Waals surface area contributed by atoms with Crippen molar-refractivity contribution in [2.75, 3.05) is 38.6 Å². The average Bonchev–Trinajstić information content (AvgIpc) is 3.67. The van der Waals surface area contributed by atoms with Crippen LogP contribution in [-0.4, -0.2) is 67.0 Å². The highest BCUT2D eigenvalue weighted by atomic mass is 32.2. The summed E-state index contributed by atoms with van der Waals surface area (Å²) in [5, 5.41) is 12.5. The number of aromatic nitrogens is 2. The highest BCUT2D eigenvalue weighted by Gasteiger charge is 2.68. The molecular weight excluding hydrogens is 793 g/mol. The first kappa shape index (κ1) is 44.3. The van der Waals surface area contributed by atoms with Gasteiger partial charge in [0.15, 0.2) is 0 Å². The summed E-state index contributed by atoms with van der Waals surface area (Å²) in [5.74, 6) is -0.273. The first-order valence-corrected chi connectivity index (χ1v) is 23.4. The average molecular weight is 855 g/mol. The van der Waals surface area contributed by atoms with Crippen LogP contribution >= 0.6 is 0 Å². The highest BCUT2D eigenvalue weighted by Crippen LogP contribution is 2.79. The maximum atomic E-state index is 13.1. The van der Waals surface area contributed by atoms with E-state index in [1.165, 1.54) is 101 Å². The van der Waals surface area contributed by atoms with E-state index in [1.54, 1.807) is 18.3 Å². The predicted octanol–water partition coefficient (Wildman–Crippen LogP) is 9.74. The lowest BCUT2D eigenvalue weighted by molar-refractivity contribution is -0.385. The second-order valence-corrected chi connectivity index (χ2v) is 20.3. The van der Waals surface area contributed by atoms with Crippen molar-refractivity contribution in [3.8, 4) is 11.5 Å². The molecule has 2 aromatic carbocycles. The number of allylic oxidation sites excluding steroid dienone is 1. The number of benzene rings is 2. The number of hydrogen-bond donors (Lipinski definition) is 3. The van der Waals surface area contributed by atoms with Crippen LogP contribution in [0.4, 0.5) is 11.4 Å². The lowest BCUT2D eigenvalue weighted by Crippen LogP contribution is -2.62. The Balaban J connectivity index is 0.000000224. The number of anilines is 1. The van der Waals surface area contributed by atoms with E-state index < -0.39 is 25.7 Å². The van der Waals surface area contributed by atoms with Crippen LogP contribution in [0.15, 0.2) is 77.0 Å². The zero-order chi connectivity index (χ0) is 43.6. The SMILES string of the molecule is CCN(CC)CC1=C(C23CC(CC)(C2)C3)CC(C)(C)CC1.Nc1ccc(C(=O)NS(=O)(=O)c2ccc(CCC3CCOCC3)c([N+](=O)[O-])c2)c(Oc2cnc3[nH]ccc3c2)c1. The predicted molar refractivity (Wildman–Crippen MR) is 238 cm³/mol. The lowest BCUT2D eigenvalue weighted by atomic mass is 9.31. The number of nitrogens with two attached hydrogens (primary N) is 1. The fraction of sp³-hybridized carbons (Fsp3) is 0.532. The number of aryl methyl sites for hydroxylation is 1. The third kappa shape index (κ3) is 9.81. The molecule has 61 heavy (non-hydrogen) atoms. The number of fused-ring (bicyclic) bond motifs is 1. The Kier molecular flexibility index (Phi) is 13.0. The molecule has 14 heteroatoms. The van der Waals surface area contributed by atoms with Crippen molar-refractivity contribution in [3.63, 3.8) is 0 Å². The molecule has 4 aliphatic carbocycles. The number of carbonyl (C=O) groups is 1. The van der Waals surface area contributed by atoms with Crippen LogP contribution in [0.1, 0.15) is 115 Å². The maximum Gasteiger partial charge on any atom is 0.273 e. The van der Waals surface area contributed by atoms with E-state index in [0.717, 1.165) is 36.1 Å². The molecule has 1 aliphatic heterocycles. The largest absolute Gasteiger partial charge is 0.455 e. The minimum Gasteiger partial charge on any atom is -0.455 e. The van der Waals surface area contributed by atoms with Gasteiger partial charge in [-0.15, -0.1) is 0 Å². The maximum absolute atomic E-state index is 13.1. The number of likely N-dealkylation sites (N-methyl/N-ethyl adjacent to an activating group) is 1. The number of carbonyl (C=O) groups excluding carboxylic acids is 1. The summed E-state index contributed by atoms with van der Waals surface area (Å²) in [7, 11) is -4.46. The molecule has 4 aromatic rings. The van der Waals surface area contributed by atoms with Crippen LogP contribution in [0.2, 0.25) is 0 Å². The Morgan fingerprint density at radius 3 is 2.49 bits per heavy atom. The van der Waals surface area contributed by atoms with E-state index in [9.17, 15) is 23.3 Å². The van der Waals surface area contributed by atoms with Gasteiger partial charge in [-0.3, -0.25) is 19.8 Å². The highest BCUT2D eigenvalue weighted by molar-refractivity contribution is 7.90. The van der Waals surface area contributed by atoms with Gasteiger partial charge in [0.2, 0.25) is 0 Å². The van der Waals surface area contributed by atoms with E-state index in [2.05, 4.69) is 49.5 Å². The van der Waals surface area contributed by atoms with Crippen molar-refractivity contribution in [1.82, 2.24) is 19.6 Å². The quantitative estimate of drug-likeness (QED) is 0.0450. The van der Waals surface area contributed by atoms with Gasteiger partial charge in [-0.25, -0.2) is 18.1 Å². The molecule has 2 aromatic heterocycles. The molecule has 0 radical (unpaired) electrons. The van der Waals surface area contributed by atoms with Gasteiger partial charge in [-0.1, -0.05) is 58.3 Å². The second kappa shape index (κ2) is 17.9. The van der Waals surface area contributed by atoms with Crippen LogP contribution < -0.4 is 15.2 Å². The number of H-pyrrole nitrogens is 1. The van der Waals surface area contributed by atoms with Crippen LogP contribution in [-0.2, 0) is 21.2 Å². The monoisotopic (exact) mass is 854 g/mol. The zero-order valence-corrected chi connectivity index (χ0v) is 37.2. The van der Waals surface area contributed by atoms with Crippen molar-refractivity contribution in [3.05, 3.63) is 93.3 Å². The Hall–Kier alpha value is -4.79. The number of nitrogen functional groups attached to an aromatic ring is 1. The lowest BCUT2D eigenvalue weighted by Gasteiger charge is -2.73. The van der Waals surface area contributed by atoms with Crippen LogP contribution in [0.25, 0.3) is 11.0 Å². The number of sulfonamides is 1. The molecule has 2 bridgehead atoms. The van der Waals surface area contributed by atoms with Gasteiger partial charge in [-0.05, 0) is 130 Å². The number of nitro groups is 1. The van der Waals surface area contributed by atoms with Crippen molar-refractivity contribution >= 4 is 38.3 Å². The molecule has 3 saturated carbocycles. The molecule has 4 N–H and O–H groups in total. The Labute approximate surface area is 360 Å². The Morgan fingerprint density at radius 1 is 1.07 bits per heavy atom. The Bertz CT molecular complexity index is 2380. The summed E-state index contributed by atoms with van der Waals surface area (Å²) in [6.45, 7) is 17.0. The number of nitrogens with one attached hydrogen (secondary N) is 2. The van der Waals surface area contributed by atoms with Gasteiger partial charge < -0.3 is 20.2 Å². The molecule has 0 unspecified atom stereocenters. The molecule has 3 heterocycles. The molecule has 9 rings (SSSR count). The molecule has 1 amide bonds. The van der Waals surface area contributed by atoms with E-state index in [1.807, 2.05) is 15.9 Å². The number of ether oxygens (including phenoxy) is 2. The second-order valence-electron chi connectivity index (χ2n) is 18.6. The first-order valence-electron chi connectivity index (χ1n) is 21.9. The van der Waals surface area contributed by atoms with Gasteiger partial charge in [0.1, 0.15) is 17.1 Å². The first-order chi connectivity index (χ1) is 29.1. The van der Waals surface area contributed by atoms with Crippen LogP contribution in [0.3, 0.4) is 0 Å². The minimum atomic E-state index is -4.46. The van der Waals surface area contributed by atoms with Gasteiger partial charge in [0, 0.05) is 54.7 Å². The van der Waals surface area contributed by atoms with Crippen molar-refractivity contribution < 1.29 is 27.6 Å². The summed E-state index contributed by atoms with van der Waals surface area (Å²) < 4.78 is 39.4. The van der Waals surface area contributed by atoms with E-state index in [4.69, 9.17) is 15.2 Å². The molecule has 0 spiro atoms. The van der Waals surface area contributed by atoms with Gasteiger partial charge in [0.05, 0.1) is 21.6 Å². The summed E-state index contributed by atoms with van der Waals surface area (Å²) >= 11 is 0. The van der Waals surface area contributed by atoms with E-state index >= 15 is 0 Å². The van der Waals surface area contributed by atoms with Crippen LogP contribution in [0.5, 0.6) is 11.5 Å². The van der Waals surface area contributed by atoms with Gasteiger partial charge in [0.25, 0.3) is 21.6 Å². The normalized spacial score (nSPS) is 22.2. The van der Waals surface area contributed by atoms with Gasteiger partial charge >= 0.3 is 0 Å². The van der Waals surface area contributed by atoms with Crippen molar-refractivity contribution in [2.24, 2.45) is 22.2 Å². The summed E-state index contributed by atoms with van der Waals surface area (Å²) in [5.41, 5.74) is 12.6. The zero-order valence-electron chi connectivity index (χ0n) is 36.3.